The van der Waals surface area contributed by atoms with Gasteiger partial charge in [0.1, 0.15) is 5.82 Å². The van der Waals surface area contributed by atoms with Crippen LogP contribution in [-0.4, -0.2) is 53.7 Å². The Bertz CT molecular complexity index is 490. The molecule has 2 aromatic heterocycles. The highest BCUT2D eigenvalue weighted by Gasteiger charge is 2.06. The first-order valence-electron chi connectivity index (χ1n) is 5.63. The molecule has 0 spiro atoms. The molecule has 0 fully saturated rings. The third kappa shape index (κ3) is 2.47. The van der Waals surface area contributed by atoms with E-state index in [1.54, 1.807) is 0 Å². The first-order valence-corrected chi connectivity index (χ1v) is 5.63. The van der Waals surface area contributed by atoms with Crippen molar-refractivity contribution in [3.8, 4) is 0 Å². The van der Waals surface area contributed by atoms with Crippen molar-refractivity contribution in [3.05, 3.63) is 18.2 Å². The molecule has 0 saturated carbocycles. The average molecular weight is 234 g/mol. The van der Waals surface area contributed by atoms with Gasteiger partial charge in [-0.25, -0.2) is 4.40 Å². The highest BCUT2D eigenvalue weighted by Crippen LogP contribution is 2.15. The molecule has 0 aromatic carbocycles. The van der Waals surface area contributed by atoms with E-state index < -0.39 is 0 Å². The summed E-state index contributed by atoms with van der Waals surface area (Å²) in [7, 11) is 5.95. The third-order valence-corrected chi connectivity index (χ3v) is 2.52. The molecule has 0 saturated heterocycles. The van der Waals surface area contributed by atoms with Crippen LogP contribution in [0.5, 0.6) is 0 Å². The minimum Gasteiger partial charge on any atom is -0.370 e. The Morgan fingerprint density at radius 2 is 2.12 bits per heavy atom. The van der Waals surface area contributed by atoms with Crippen LogP contribution in [0.1, 0.15) is 0 Å². The zero-order valence-corrected chi connectivity index (χ0v) is 10.4. The van der Waals surface area contributed by atoms with Crippen molar-refractivity contribution < 1.29 is 0 Å². The van der Waals surface area contributed by atoms with Crippen LogP contribution in [-0.2, 0) is 0 Å². The van der Waals surface area contributed by atoms with E-state index in [1.165, 1.54) is 0 Å². The van der Waals surface area contributed by atoms with Crippen LogP contribution in [0.2, 0.25) is 0 Å². The Labute approximate surface area is 101 Å². The summed E-state index contributed by atoms with van der Waals surface area (Å²) in [6.45, 7) is 1.86. The summed E-state index contributed by atoms with van der Waals surface area (Å²) >= 11 is 0. The lowest BCUT2D eigenvalue weighted by atomic mass is 10.4. The Hall–Kier alpha value is -1.82. The second-order valence-electron chi connectivity index (χ2n) is 4.11. The number of fused-ring (bicyclic) bond motifs is 1. The minimum absolute atomic E-state index is 0.743. The first-order chi connectivity index (χ1) is 8.22. The molecule has 92 valence electrons. The second-order valence-corrected chi connectivity index (χ2v) is 4.11. The van der Waals surface area contributed by atoms with E-state index in [1.807, 2.05) is 29.6 Å². The van der Waals surface area contributed by atoms with Crippen molar-refractivity contribution in [1.29, 1.82) is 0 Å². The fraction of sp³-hybridized carbons (Fsp3) is 0.455. The molecule has 2 rings (SSSR count). The van der Waals surface area contributed by atoms with E-state index in [4.69, 9.17) is 0 Å². The molecule has 2 heterocycles. The summed E-state index contributed by atoms with van der Waals surface area (Å²) in [5.41, 5.74) is 0.837. The Morgan fingerprint density at radius 3 is 2.82 bits per heavy atom. The number of hydrogen-bond donors (Lipinski definition) is 2. The number of anilines is 2. The van der Waals surface area contributed by atoms with E-state index in [0.717, 1.165) is 30.5 Å². The number of aromatic nitrogens is 3. The minimum atomic E-state index is 0.743. The largest absolute Gasteiger partial charge is 0.370 e. The maximum atomic E-state index is 4.09. The monoisotopic (exact) mass is 234 g/mol. The van der Waals surface area contributed by atoms with Crippen molar-refractivity contribution in [1.82, 2.24) is 19.5 Å². The fourth-order valence-electron chi connectivity index (χ4n) is 1.65. The Morgan fingerprint density at radius 1 is 1.29 bits per heavy atom. The molecular weight excluding hydrogens is 216 g/mol. The van der Waals surface area contributed by atoms with E-state index in [9.17, 15) is 0 Å². The summed E-state index contributed by atoms with van der Waals surface area (Å²) in [5.74, 6) is 1.74. The first kappa shape index (κ1) is 11.7. The van der Waals surface area contributed by atoms with Gasteiger partial charge in [0.25, 0.3) is 0 Å². The van der Waals surface area contributed by atoms with Crippen LogP contribution in [0.15, 0.2) is 18.2 Å². The number of nitrogens with zero attached hydrogens (tertiary/aromatic N) is 4. The third-order valence-electron chi connectivity index (χ3n) is 2.52. The maximum Gasteiger partial charge on any atom is 0.230 e. The molecule has 0 radical (unpaired) electrons. The van der Waals surface area contributed by atoms with Gasteiger partial charge in [-0.05, 0) is 26.2 Å². The smallest absolute Gasteiger partial charge is 0.230 e. The number of likely N-dealkylation sites (N-methyl/N-ethyl adjacent to an activating group) is 1. The molecule has 2 N–H and O–H groups in total. The molecule has 0 amide bonds. The SMILES string of the molecule is CNc1nnc2cccc(NCCN(C)C)n12. The molecule has 0 aliphatic carbocycles. The predicted molar refractivity (Wildman–Crippen MR) is 69.6 cm³/mol. The van der Waals surface area contributed by atoms with E-state index in [-0.39, 0.29) is 0 Å². The van der Waals surface area contributed by atoms with Crippen molar-refractivity contribution in [2.45, 2.75) is 0 Å². The van der Waals surface area contributed by atoms with E-state index in [0.29, 0.717) is 0 Å². The van der Waals surface area contributed by atoms with Gasteiger partial charge in [-0.1, -0.05) is 6.07 Å². The Kier molecular flexibility index (Phi) is 3.43. The van der Waals surface area contributed by atoms with Crippen molar-refractivity contribution in [2.75, 3.05) is 44.9 Å². The lowest BCUT2D eigenvalue weighted by Gasteiger charge is -2.13. The van der Waals surface area contributed by atoms with Gasteiger partial charge in [-0.15, -0.1) is 10.2 Å². The van der Waals surface area contributed by atoms with Crippen LogP contribution >= 0.6 is 0 Å². The number of nitrogens with one attached hydrogen (secondary N) is 2. The average Bonchev–Trinajstić information content (AvgIpc) is 2.72. The molecule has 0 bridgehead atoms. The normalized spacial score (nSPS) is 11.1. The van der Waals surface area contributed by atoms with Crippen LogP contribution in [0.3, 0.4) is 0 Å². The number of hydrogen-bond acceptors (Lipinski definition) is 5. The standard InChI is InChI=1S/C11H18N6/c1-12-11-15-14-10-6-4-5-9(17(10)11)13-7-8-16(2)3/h4-6,13H,7-8H2,1-3H3,(H,12,15). The molecule has 2 aromatic rings. The maximum absolute atomic E-state index is 4.09. The van der Waals surface area contributed by atoms with Crippen LogP contribution in [0.25, 0.3) is 5.65 Å². The van der Waals surface area contributed by atoms with Gasteiger partial charge in [0.05, 0.1) is 0 Å². The highest BCUT2D eigenvalue weighted by molar-refractivity contribution is 5.55. The van der Waals surface area contributed by atoms with Crippen molar-refractivity contribution in [3.63, 3.8) is 0 Å². The zero-order chi connectivity index (χ0) is 12.3. The Balaban J connectivity index is 2.23. The van der Waals surface area contributed by atoms with Gasteiger partial charge < -0.3 is 15.5 Å². The second kappa shape index (κ2) is 5.01. The predicted octanol–water partition coefficient (Wildman–Crippen LogP) is 0.744. The molecule has 17 heavy (non-hydrogen) atoms. The van der Waals surface area contributed by atoms with Gasteiger partial charge in [-0.2, -0.15) is 0 Å². The topological polar surface area (TPSA) is 57.5 Å². The zero-order valence-electron chi connectivity index (χ0n) is 10.4. The molecule has 0 aliphatic rings. The summed E-state index contributed by atoms with van der Waals surface area (Å²) < 4.78 is 1.97. The molecule has 0 unspecified atom stereocenters. The lowest BCUT2D eigenvalue weighted by Crippen LogP contribution is -2.21. The van der Waals surface area contributed by atoms with E-state index in [2.05, 4.69) is 39.8 Å². The summed E-state index contributed by atoms with van der Waals surface area (Å²) in [4.78, 5) is 2.14. The summed E-state index contributed by atoms with van der Waals surface area (Å²) in [5, 5.41) is 14.6. The summed E-state index contributed by atoms with van der Waals surface area (Å²) in [6, 6.07) is 5.93. The van der Waals surface area contributed by atoms with Crippen molar-refractivity contribution in [2.24, 2.45) is 0 Å². The summed E-state index contributed by atoms with van der Waals surface area (Å²) in [6.07, 6.45) is 0. The number of rotatable bonds is 5. The molecule has 6 nitrogen and oxygen atoms in total. The van der Waals surface area contributed by atoms with Gasteiger partial charge in [0, 0.05) is 20.1 Å². The van der Waals surface area contributed by atoms with Gasteiger partial charge in [-0.3, -0.25) is 0 Å². The van der Waals surface area contributed by atoms with Crippen LogP contribution < -0.4 is 10.6 Å². The molecule has 0 atom stereocenters. The quantitative estimate of drug-likeness (QED) is 0.799. The molecule has 0 aliphatic heterocycles. The lowest BCUT2D eigenvalue weighted by molar-refractivity contribution is 0.425. The van der Waals surface area contributed by atoms with Crippen LogP contribution in [0.4, 0.5) is 11.8 Å². The fourth-order valence-corrected chi connectivity index (χ4v) is 1.65. The van der Waals surface area contributed by atoms with Crippen LogP contribution in [0, 0.1) is 0 Å². The van der Waals surface area contributed by atoms with Gasteiger partial charge in [0.15, 0.2) is 5.65 Å². The molecule has 6 heteroatoms. The number of pyridine rings is 1. The van der Waals surface area contributed by atoms with Crippen molar-refractivity contribution >= 4 is 17.4 Å². The van der Waals surface area contributed by atoms with E-state index >= 15 is 0 Å². The molecular formula is C11H18N6. The van der Waals surface area contributed by atoms with Gasteiger partial charge in [0.2, 0.25) is 5.95 Å². The van der Waals surface area contributed by atoms with Gasteiger partial charge >= 0.3 is 0 Å². The highest BCUT2D eigenvalue weighted by atomic mass is 15.3.